The monoisotopic (exact) mass is 547 g/mol. The summed E-state index contributed by atoms with van der Waals surface area (Å²) in [6, 6.07) is 8.84. The summed E-state index contributed by atoms with van der Waals surface area (Å²) in [6.07, 6.45) is 2.63. The number of fused-ring (bicyclic) bond motifs is 1. The number of nitrogens with one attached hydrogen (secondary N) is 1. The minimum atomic E-state index is -2.92. The van der Waals surface area contributed by atoms with Crippen molar-refractivity contribution in [3.63, 3.8) is 0 Å². The Morgan fingerprint density at radius 3 is 2.49 bits per heavy atom. The van der Waals surface area contributed by atoms with Crippen LogP contribution >= 0.6 is 11.6 Å². The molecule has 4 rings (SSSR count). The number of hydrogen-bond acceptors (Lipinski definition) is 6. The van der Waals surface area contributed by atoms with Crippen LogP contribution in [0.4, 0.5) is 0 Å². The van der Waals surface area contributed by atoms with Crippen molar-refractivity contribution in [3.05, 3.63) is 52.2 Å². The highest BCUT2D eigenvalue weighted by molar-refractivity contribution is 7.69. The second-order valence-electron chi connectivity index (χ2n) is 9.96. The molecule has 9 nitrogen and oxygen atoms in total. The van der Waals surface area contributed by atoms with Crippen molar-refractivity contribution in [1.82, 2.24) is 14.6 Å². The van der Waals surface area contributed by atoms with Crippen LogP contribution in [-0.2, 0) is 22.2 Å². The average molecular weight is 548 g/mol. The minimum absolute atomic E-state index is 0.0419. The van der Waals surface area contributed by atoms with Gasteiger partial charge < -0.3 is 14.8 Å². The molecule has 11 heteroatoms. The van der Waals surface area contributed by atoms with Crippen LogP contribution in [0.15, 0.2) is 34.7 Å². The lowest BCUT2D eigenvalue weighted by atomic mass is 9.88. The predicted octanol–water partition coefficient (Wildman–Crippen LogP) is 4.60. The van der Waals surface area contributed by atoms with Crippen molar-refractivity contribution in [2.24, 2.45) is 5.41 Å². The molecular weight excluding hydrogens is 518 g/mol. The molecule has 0 bridgehead atoms. The van der Waals surface area contributed by atoms with E-state index in [-0.39, 0.29) is 30.6 Å². The van der Waals surface area contributed by atoms with Gasteiger partial charge in [0.2, 0.25) is 16.6 Å². The lowest BCUT2D eigenvalue weighted by molar-refractivity contribution is -0.147. The van der Waals surface area contributed by atoms with Crippen LogP contribution in [0.1, 0.15) is 67.1 Å². The highest BCUT2D eigenvalue weighted by Crippen LogP contribution is 2.44. The fraction of sp³-hybridized carbons (Fsp3) is 0.423. The van der Waals surface area contributed by atoms with Gasteiger partial charge in [-0.05, 0) is 81.3 Å². The van der Waals surface area contributed by atoms with Crippen LogP contribution in [0.3, 0.4) is 0 Å². The third kappa shape index (κ3) is 5.97. The second-order valence-corrected chi connectivity index (χ2v) is 11.4. The van der Waals surface area contributed by atoms with Crippen molar-refractivity contribution in [3.8, 4) is 11.3 Å². The Morgan fingerprint density at radius 2 is 1.92 bits per heavy atom. The Bertz CT molecular complexity index is 1400. The van der Waals surface area contributed by atoms with Crippen molar-refractivity contribution < 1.29 is 27.5 Å². The number of halogens is 1. The van der Waals surface area contributed by atoms with Gasteiger partial charge in [0.25, 0.3) is 5.91 Å². The third-order valence-electron chi connectivity index (χ3n) is 6.73. The number of thiol groups is 1. The maximum atomic E-state index is 12.9. The second kappa shape index (κ2) is 10.8. The van der Waals surface area contributed by atoms with Gasteiger partial charge in [-0.2, -0.15) is 4.31 Å². The first-order chi connectivity index (χ1) is 17.5. The van der Waals surface area contributed by atoms with E-state index in [0.29, 0.717) is 45.8 Å². The predicted molar refractivity (Wildman–Crippen MR) is 141 cm³/mol. The number of carboxylic acid groups (broad SMARTS) is 1. The van der Waals surface area contributed by atoms with E-state index in [1.54, 1.807) is 45.2 Å². The molecule has 1 fully saturated rings. The van der Waals surface area contributed by atoms with Crippen molar-refractivity contribution in [2.75, 3.05) is 13.6 Å². The highest BCUT2D eigenvalue weighted by Gasteiger charge is 2.32. The smallest absolute Gasteiger partial charge is 0.309 e. The van der Waals surface area contributed by atoms with E-state index in [1.165, 1.54) is 4.31 Å². The molecule has 1 amide bonds. The zero-order valence-corrected chi connectivity index (χ0v) is 22.6. The molecule has 2 aromatic heterocycles. The van der Waals surface area contributed by atoms with E-state index in [2.05, 4.69) is 5.32 Å². The molecule has 1 aliphatic rings. The van der Waals surface area contributed by atoms with E-state index in [9.17, 15) is 23.1 Å². The minimum Gasteiger partial charge on any atom is -0.481 e. The van der Waals surface area contributed by atoms with Gasteiger partial charge in [0.05, 0.1) is 28.6 Å². The molecule has 0 radical (unpaired) electrons. The molecule has 37 heavy (non-hydrogen) atoms. The lowest BCUT2D eigenvalue weighted by Crippen LogP contribution is -2.28. The standard InChI is InChI=1S/C26H30ClN3O6S/c1-26(2,25(32)33)11-4-12-30(37(34)35)14-20-18(15-5-6-15)13-19-21(23(31)28-3)22(36-24(19)29-20)16-7-9-17(27)10-8-16/h7-10,13,15,37H,4-6,11-12,14H2,1-3H3,(H,28,31)(H,32,33). The molecule has 0 spiro atoms. The topological polar surface area (TPSA) is 130 Å². The van der Waals surface area contributed by atoms with Crippen LogP contribution in [0.5, 0.6) is 0 Å². The fourth-order valence-corrected chi connectivity index (χ4v) is 4.99. The van der Waals surface area contributed by atoms with Crippen LogP contribution in [0.25, 0.3) is 22.4 Å². The summed E-state index contributed by atoms with van der Waals surface area (Å²) >= 11 is 6.04. The molecule has 0 aliphatic heterocycles. The number of nitrogens with zero attached hydrogens (tertiary/aromatic N) is 2. The number of hydrogen-bond donors (Lipinski definition) is 3. The van der Waals surface area contributed by atoms with Gasteiger partial charge in [-0.3, -0.25) is 9.59 Å². The molecule has 1 aliphatic carbocycles. The SMILES string of the molecule is CNC(=O)c1c(-c2ccc(Cl)cc2)oc2nc(CN(CCCC(C)(C)C(=O)O)[SH](=O)=O)c(C3CC3)cc12. The van der Waals surface area contributed by atoms with Gasteiger partial charge in [0.15, 0.2) is 0 Å². The van der Waals surface area contributed by atoms with Crippen LogP contribution in [0, 0.1) is 5.41 Å². The number of aromatic nitrogens is 1. The number of carbonyl (C=O) groups is 2. The molecule has 198 valence electrons. The summed E-state index contributed by atoms with van der Waals surface area (Å²) < 4.78 is 31.5. The van der Waals surface area contributed by atoms with E-state index in [1.807, 2.05) is 6.07 Å². The molecular formula is C26H30ClN3O6S. The summed E-state index contributed by atoms with van der Waals surface area (Å²) in [5, 5.41) is 13.1. The lowest BCUT2D eigenvalue weighted by Gasteiger charge is -2.21. The number of carboxylic acids is 1. The van der Waals surface area contributed by atoms with Crippen LogP contribution in [0.2, 0.25) is 5.02 Å². The Hall–Kier alpha value is -2.95. The van der Waals surface area contributed by atoms with Crippen molar-refractivity contribution in [2.45, 2.75) is 52.0 Å². The Kier molecular flexibility index (Phi) is 7.91. The summed E-state index contributed by atoms with van der Waals surface area (Å²) in [6.45, 7) is 3.46. The molecule has 0 atom stereocenters. The number of amides is 1. The van der Waals surface area contributed by atoms with Gasteiger partial charge in [0, 0.05) is 24.2 Å². The quantitative estimate of drug-likeness (QED) is 0.299. The molecule has 3 aromatic rings. The average Bonchev–Trinajstić information content (AvgIpc) is 3.63. The van der Waals surface area contributed by atoms with Gasteiger partial charge in [-0.15, -0.1) is 0 Å². The molecule has 0 unspecified atom stereocenters. The zero-order chi connectivity index (χ0) is 26.9. The van der Waals surface area contributed by atoms with E-state index >= 15 is 0 Å². The largest absolute Gasteiger partial charge is 0.481 e. The van der Waals surface area contributed by atoms with Crippen molar-refractivity contribution >= 4 is 45.5 Å². The maximum Gasteiger partial charge on any atom is 0.309 e. The summed E-state index contributed by atoms with van der Waals surface area (Å²) in [7, 11) is -1.37. The molecule has 1 aromatic carbocycles. The summed E-state index contributed by atoms with van der Waals surface area (Å²) in [4.78, 5) is 29.0. The van der Waals surface area contributed by atoms with Crippen LogP contribution < -0.4 is 5.32 Å². The first kappa shape index (κ1) is 27.1. The van der Waals surface area contributed by atoms with Gasteiger partial charge in [0.1, 0.15) is 5.76 Å². The van der Waals surface area contributed by atoms with Gasteiger partial charge in [-0.1, -0.05) is 11.6 Å². The van der Waals surface area contributed by atoms with E-state index < -0.39 is 22.3 Å². The highest BCUT2D eigenvalue weighted by atomic mass is 35.5. The maximum absolute atomic E-state index is 12.9. The Balaban J connectivity index is 1.72. The molecule has 1 saturated carbocycles. The zero-order valence-electron chi connectivity index (χ0n) is 20.9. The number of benzene rings is 1. The van der Waals surface area contributed by atoms with Crippen LogP contribution in [-0.4, -0.2) is 48.3 Å². The van der Waals surface area contributed by atoms with E-state index in [0.717, 1.165) is 18.4 Å². The number of pyridine rings is 1. The van der Waals surface area contributed by atoms with Gasteiger partial charge >= 0.3 is 5.97 Å². The number of carbonyl (C=O) groups excluding carboxylic acids is 1. The van der Waals surface area contributed by atoms with E-state index in [4.69, 9.17) is 21.0 Å². The van der Waals surface area contributed by atoms with Gasteiger partial charge in [-0.25, -0.2) is 13.4 Å². The Morgan fingerprint density at radius 1 is 1.24 bits per heavy atom. The van der Waals surface area contributed by atoms with Crippen molar-refractivity contribution in [1.29, 1.82) is 0 Å². The first-order valence-electron chi connectivity index (χ1n) is 12.1. The first-order valence-corrected chi connectivity index (χ1v) is 13.6. The number of rotatable bonds is 11. The Labute approximate surface area is 221 Å². The fourth-order valence-electron chi connectivity index (χ4n) is 4.31. The molecule has 0 saturated heterocycles. The number of furan rings is 1. The summed E-state index contributed by atoms with van der Waals surface area (Å²) in [5.74, 6) is -0.643. The normalized spacial score (nSPS) is 14.0. The molecule has 2 N–H and O–H groups in total. The molecule has 2 heterocycles. The third-order valence-corrected chi connectivity index (χ3v) is 7.79. The summed E-state index contributed by atoms with van der Waals surface area (Å²) in [5.41, 5.74) is 1.81. The number of aliphatic carboxylic acids is 1.